The van der Waals surface area contributed by atoms with Crippen LogP contribution in [-0.4, -0.2) is 0 Å². The molecule has 116 valence electrons. The van der Waals surface area contributed by atoms with Gasteiger partial charge in [0.25, 0.3) is 0 Å². The molecule has 0 atom stereocenters. The maximum atomic E-state index is 5.45. The van der Waals surface area contributed by atoms with E-state index < -0.39 is 0 Å². The molecule has 0 unspecified atom stereocenters. The summed E-state index contributed by atoms with van der Waals surface area (Å²) in [4.78, 5) is 0. The number of hydrogen-bond donors (Lipinski definition) is 0. The SMILES string of the molecule is C#Cc1ccc2cc(CCCCCCCCCC)ccc2c1. The van der Waals surface area contributed by atoms with Crippen LogP contribution in [0.15, 0.2) is 36.4 Å². The van der Waals surface area contributed by atoms with Gasteiger partial charge in [-0.15, -0.1) is 6.42 Å². The molecule has 0 aliphatic rings. The number of terminal acetylenes is 1. The van der Waals surface area contributed by atoms with Crippen molar-refractivity contribution in [2.45, 2.75) is 64.7 Å². The first-order valence-corrected chi connectivity index (χ1v) is 8.83. The van der Waals surface area contributed by atoms with E-state index in [1.165, 1.54) is 74.1 Å². The molecule has 0 aromatic heterocycles. The minimum absolute atomic E-state index is 0.961. The molecule has 0 N–H and O–H groups in total. The summed E-state index contributed by atoms with van der Waals surface area (Å²) in [5, 5.41) is 2.55. The second-order valence-electron chi connectivity index (χ2n) is 6.27. The highest BCUT2D eigenvalue weighted by molar-refractivity contribution is 5.84. The minimum atomic E-state index is 0.961. The molecule has 2 rings (SSSR count). The van der Waals surface area contributed by atoms with Gasteiger partial charge in [-0.1, -0.05) is 82.1 Å². The van der Waals surface area contributed by atoms with Crippen LogP contribution in [0.4, 0.5) is 0 Å². The lowest BCUT2D eigenvalue weighted by Gasteiger charge is -2.05. The van der Waals surface area contributed by atoms with Gasteiger partial charge in [-0.25, -0.2) is 0 Å². The number of hydrogen-bond acceptors (Lipinski definition) is 0. The van der Waals surface area contributed by atoms with E-state index in [-0.39, 0.29) is 0 Å². The van der Waals surface area contributed by atoms with Crippen LogP contribution in [0.3, 0.4) is 0 Å². The third-order valence-corrected chi connectivity index (χ3v) is 4.39. The molecule has 0 nitrogen and oxygen atoms in total. The van der Waals surface area contributed by atoms with Gasteiger partial charge in [0.2, 0.25) is 0 Å². The van der Waals surface area contributed by atoms with Gasteiger partial charge < -0.3 is 0 Å². The standard InChI is InChI=1S/C22H28/c1-3-5-6-7-8-9-10-11-12-20-14-16-21-17-19(4-2)13-15-22(21)18-20/h2,13-18H,3,5-12H2,1H3. The summed E-state index contributed by atoms with van der Waals surface area (Å²) < 4.78 is 0. The van der Waals surface area contributed by atoms with E-state index >= 15 is 0 Å². The smallest absolute Gasteiger partial charge is 0.0248 e. The first-order valence-electron chi connectivity index (χ1n) is 8.83. The van der Waals surface area contributed by atoms with Gasteiger partial charge in [-0.2, -0.15) is 0 Å². The zero-order valence-corrected chi connectivity index (χ0v) is 13.9. The maximum absolute atomic E-state index is 5.45. The molecule has 0 bridgehead atoms. The number of benzene rings is 2. The Balaban J connectivity index is 1.74. The zero-order chi connectivity index (χ0) is 15.6. The molecule has 0 saturated heterocycles. The summed E-state index contributed by atoms with van der Waals surface area (Å²) in [5.41, 5.74) is 2.41. The van der Waals surface area contributed by atoms with Crippen molar-refractivity contribution in [2.75, 3.05) is 0 Å². The molecule has 0 aliphatic carbocycles. The molecule has 0 amide bonds. The molecule has 22 heavy (non-hydrogen) atoms. The van der Waals surface area contributed by atoms with E-state index in [1.807, 2.05) is 6.07 Å². The van der Waals surface area contributed by atoms with Gasteiger partial charge in [0, 0.05) is 5.56 Å². The molecule has 0 heteroatoms. The van der Waals surface area contributed by atoms with Crippen LogP contribution in [0, 0.1) is 12.3 Å². The Hall–Kier alpha value is -1.74. The Morgan fingerprint density at radius 1 is 0.773 bits per heavy atom. The lowest BCUT2D eigenvalue weighted by atomic mass is 10.0. The van der Waals surface area contributed by atoms with E-state index in [0.29, 0.717) is 0 Å². The topological polar surface area (TPSA) is 0 Å². The first-order chi connectivity index (χ1) is 10.8. The maximum Gasteiger partial charge on any atom is 0.0248 e. The number of aryl methyl sites for hydroxylation is 1. The van der Waals surface area contributed by atoms with Crippen molar-refractivity contribution in [3.05, 3.63) is 47.5 Å². The number of fused-ring (bicyclic) bond motifs is 1. The van der Waals surface area contributed by atoms with E-state index in [9.17, 15) is 0 Å². The summed E-state index contributed by atoms with van der Waals surface area (Å²) >= 11 is 0. The molecule has 2 aromatic carbocycles. The van der Waals surface area contributed by atoms with Crippen molar-refractivity contribution in [1.29, 1.82) is 0 Å². The molecule has 2 aromatic rings. The summed E-state index contributed by atoms with van der Waals surface area (Å²) in [6.07, 6.45) is 17.7. The molecule has 0 heterocycles. The molecule has 0 saturated carbocycles. The molecule has 0 radical (unpaired) electrons. The summed E-state index contributed by atoms with van der Waals surface area (Å²) in [6, 6.07) is 13.0. The second kappa shape index (κ2) is 9.31. The van der Waals surface area contributed by atoms with Crippen LogP contribution in [0.1, 0.15) is 69.4 Å². The second-order valence-corrected chi connectivity index (χ2v) is 6.27. The van der Waals surface area contributed by atoms with Crippen molar-refractivity contribution in [2.24, 2.45) is 0 Å². The third kappa shape index (κ3) is 5.23. The van der Waals surface area contributed by atoms with Gasteiger partial charge in [0.1, 0.15) is 0 Å². The van der Waals surface area contributed by atoms with Crippen LogP contribution < -0.4 is 0 Å². The fourth-order valence-corrected chi connectivity index (χ4v) is 3.00. The number of unbranched alkanes of at least 4 members (excludes halogenated alkanes) is 7. The van der Waals surface area contributed by atoms with Gasteiger partial charge in [0.05, 0.1) is 0 Å². The Morgan fingerprint density at radius 2 is 1.41 bits per heavy atom. The average molecular weight is 292 g/mol. The Morgan fingerprint density at radius 3 is 2.14 bits per heavy atom. The average Bonchev–Trinajstić information content (AvgIpc) is 2.56. The van der Waals surface area contributed by atoms with Gasteiger partial charge in [-0.05, 0) is 41.3 Å². The fraction of sp³-hybridized carbons (Fsp3) is 0.455. The van der Waals surface area contributed by atoms with Crippen LogP contribution in [0.25, 0.3) is 10.8 Å². The molecule has 0 aliphatic heterocycles. The predicted octanol–water partition coefficient (Wildman–Crippen LogP) is 6.50. The van der Waals surface area contributed by atoms with Gasteiger partial charge in [0.15, 0.2) is 0 Å². The minimum Gasteiger partial charge on any atom is -0.115 e. The van der Waals surface area contributed by atoms with Crippen LogP contribution in [-0.2, 0) is 6.42 Å². The molecular weight excluding hydrogens is 264 g/mol. The van der Waals surface area contributed by atoms with Crippen LogP contribution in [0.2, 0.25) is 0 Å². The lowest BCUT2D eigenvalue weighted by Crippen LogP contribution is -1.87. The quantitative estimate of drug-likeness (QED) is 0.365. The van der Waals surface area contributed by atoms with E-state index in [1.54, 1.807) is 0 Å². The van der Waals surface area contributed by atoms with Crippen molar-refractivity contribution in [3.63, 3.8) is 0 Å². The van der Waals surface area contributed by atoms with E-state index in [4.69, 9.17) is 6.42 Å². The highest BCUT2D eigenvalue weighted by Crippen LogP contribution is 2.19. The van der Waals surface area contributed by atoms with Crippen molar-refractivity contribution < 1.29 is 0 Å². The summed E-state index contributed by atoms with van der Waals surface area (Å²) in [5.74, 6) is 2.70. The number of rotatable bonds is 9. The molecular formula is C22H28. The lowest BCUT2D eigenvalue weighted by molar-refractivity contribution is 0.575. The van der Waals surface area contributed by atoms with Crippen LogP contribution >= 0.6 is 0 Å². The summed E-state index contributed by atoms with van der Waals surface area (Å²) in [6.45, 7) is 2.27. The Labute approximate surface area is 135 Å². The molecule has 0 spiro atoms. The predicted molar refractivity (Wildman–Crippen MR) is 98.2 cm³/mol. The highest BCUT2D eigenvalue weighted by atomic mass is 14.0. The van der Waals surface area contributed by atoms with Crippen molar-refractivity contribution in [1.82, 2.24) is 0 Å². The third-order valence-electron chi connectivity index (χ3n) is 4.39. The Kier molecular flexibility index (Phi) is 7.04. The fourth-order valence-electron chi connectivity index (χ4n) is 3.00. The highest BCUT2D eigenvalue weighted by Gasteiger charge is 1.99. The van der Waals surface area contributed by atoms with Crippen molar-refractivity contribution >= 4 is 10.8 Å². The van der Waals surface area contributed by atoms with Gasteiger partial charge >= 0.3 is 0 Å². The first kappa shape index (κ1) is 16.6. The van der Waals surface area contributed by atoms with Crippen LogP contribution in [0.5, 0.6) is 0 Å². The monoisotopic (exact) mass is 292 g/mol. The largest absolute Gasteiger partial charge is 0.115 e. The summed E-state index contributed by atoms with van der Waals surface area (Å²) in [7, 11) is 0. The normalized spacial score (nSPS) is 10.7. The Bertz CT molecular complexity index is 615. The molecule has 0 fully saturated rings. The van der Waals surface area contributed by atoms with E-state index in [0.717, 1.165) is 5.56 Å². The van der Waals surface area contributed by atoms with E-state index in [2.05, 4.69) is 43.2 Å². The zero-order valence-electron chi connectivity index (χ0n) is 13.9. The van der Waals surface area contributed by atoms with Gasteiger partial charge in [-0.3, -0.25) is 0 Å². The van der Waals surface area contributed by atoms with Crippen molar-refractivity contribution in [3.8, 4) is 12.3 Å².